The highest BCUT2D eigenvalue weighted by atomic mass is 79.9. The van der Waals surface area contributed by atoms with E-state index in [0.717, 1.165) is 15.7 Å². The molecule has 3 N–H and O–H groups in total. The van der Waals surface area contributed by atoms with Crippen molar-refractivity contribution in [3.05, 3.63) is 58.1 Å². The Bertz CT molecular complexity index is 602. The van der Waals surface area contributed by atoms with Gasteiger partial charge < -0.3 is 11.1 Å². The van der Waals surface area contributed by atoms with Crippen molar-refractivity contribution in [3.63, 3.8) is 0 Å². The van der Waals surface area contributed by atoms with Crippen LogP contribution >= 0.6 is 15.9 Å². The van der Waals surface area contributed by atoms with Gasteiger partial charge in [-0.2, -0.15) is 5.26 Å². The summed E-state index contributed by atoms with van der Waals surface area (Å²) < 4.78 is 1.05. The van der Waals surface area contributed by atoms with Crippen LogP contribution in [0.3, 0.4) is 0 Å². The molecule has 18 heavy (non-hydrogen) atoms. The topological polar surface area (TPSA) is 61.8 Å². The zero-order chi connectivity index (χ0) is 13.0. The smallest absolute Gasteiger partial charge is 0.0992 e. The molecule has 2 aromatic carbocycles. The second-order valence-electron chi connectivity index (χ2n) is 3.86. The fourth-order valence-electron chi connectivity index (χ4n) is 1.61. The summed E-state index contributed by atoms with van der Waals surface area (Å²) in [5.74, 6) is 0. The summed E-state index contributed by atoms with van der Waals surface area (Å²) in [6, 6.07) is 15.3. The standard InChI is InChI=1S/C14H12BrN3/c15-12-4-2-1-3-11(12)9-18-14-7-10(8-16)5-6-13(14)17/h1-7,18H,9,17H2. The van der Waals surface area contributed by atoms with Crippen LogP contribution in [0.1, 0.15) is 11.1 Å². The Kier molecular flexibility index (Phi) is 3.85. The van der Waals surface area contributed by atoms with E-state index in [2.05, 4.69) is 27.3 Å². The number of rotatable bonds is 3. The predicted octanol–water partition coefficient (Wildman–Crippen LogP) is 3.52. The maximum absolute atomic E-state index is 8.86. The minimum Gasteiger partial charge on any atom is -0.397 e. The molecule has 0 atom stereocenters. The first kappa shape index (κ1) is 12.5. The third kappa shape index (κ3) is 2.82. The Morgan fingerprint density at radius 2 is 2.00 bits per heavy atom. The van der Waals surface area contributed by atoms with Gasteiger partial charge in [-0.05, 0) is 29.8 Å². The van der Waals surface area contributed by atoms with Crippen LogP contribution in [0, 0.1) is 11.3 Å². The Hall–Kier alpha value is -1.99. The Morgan fingerprint density at radius 3 is 2.72 bits per heavy atom. The van der Waals surface area contributed by atoms with Gasteiger partial charge in [0.25, 0.3) is 0 Å². The lowest BCUT2D eigenvalue weighted by Crippen LogP contribution is -2.03. The van der Waals surface area contributed by atoms with E-state index in [1.165, 1.54) is 0 Å². The summed E-state index contributed by atoms with van der Waals surface area (Å²) in [6.07, 6.45) is 0. The molecule has 4 heteroatoms. The van der Waals surface area contributed by atoms with Crippen LogP contribution in [0.15, 0.2) is 46.9 Å². The summed E-state index contributed by atoms with van der Waals surface area (Å²) >= 11 is 3.49. The van der Waals surface area contributed by atoms with Crippen molar-refractivity contribution in [2.45, 2.75) is 6.54 Å². The van der Waals surface area contributed by atoms with Crippen molar-refractivity contribution in [2.75, 3.05) is 11.1 Å². The molecule has 0 aromatic heterocycles. The van der Waals surface area contributed by atoms with Crippen LogP contribution in [-0.2, 0) is 6.54 Å². The molecule has 0 saturated heterocycles. The van der Waals surface area contributed by atoms with Crippen molar-refractivity contribution < 1.29 is 0 Å². The molecular formula is C14H12BrN3. The summed E-state index contributed by atoms with van der Waals surface area (Å²) in [5.41, 5.74) is 9.02. The van der Waals surface area contributed by atoms with Gasteiger partial charge in [0.05, 0.1) is 23.0 Å². The van der Waals surface area contributed by atoms with Crippen molar-refractivity contribution in [3.8, 4) is 6.07 Å². The van der Waals surface area contributed by atoms with E-state index in [9.17, 15) is 0 Å². The monoisotopic (exact) mass is 301 g/mol. The van der Waals surface area contributed by atoms with Crippen LogP contribution in [0.25, 0.3) is 0 Å². The molecule has 3 nitrogen and oxygen atoms in total. The molecule has 0 saturated carbocycles. The first-order valence-electron chi connectivity index (χ1n) is 5.47. The average Bonchev–Trinajstić information content (AvgIpc) is 2.39. The van der Waals surface area contributed by atoms with Crippen LogP contribution in [0.2, 0.25) is 0 Å². The quantitative estimate of drug-likeness (QED) is 0.853. The van der Waals surface area contributed by atoms with Crippen LogP contribution in [0.5, 0.6) is 0 Å². The fraction of sp³-hybridized carbons (Fsp3) is 0.0714. The summed E-state index contributed by atoms with van der Waals surface area (Å²) in [6.45, 7) is 0.653. The van der Waals surface area contributed by atoms with Gasteiger partial charge in [-0.1, -0.05) is 34.1 Å². The first-order chi connectivity index (χ1) is 8.70. The van der Waals surface area contributed by atoms with E-state index < -0.39 is 0 Å². The Labute approximate surface area is 114 Å². The van der Waals surface area contributed by atoms with E-state index >= 15 is 0 Å². The highest BCUT2D eigenvalue weighted by molar-refractivity contribution is 9.10. The third-order valence-electron chi connectivity index (χ3n) is 2.61. The third-order valence-corrected chi connectivity index (χ3v) is 3.38. The molecule has 90 valence electrons. The van der Waals surface area contributed by atoms with E-state index in [1.54, 1.807) is 18.2 Å². The maximum Gasteiger partial charge on any atom is 0.0992 e. The number of hydrogen-bond donors (Lipinski definition) is 2. The molecule has 2 rings (SSSR count). The zero-order valence-corrected chi connectivity index (χ0v) is 11.2. The number of nitriles is 1. The van der Waals surface area contributed by atoms with Gasteiger partial charge >= 0.3 is 0 Å². The van der Waals surface area contributed by atoms with E-state index in [0.29, 0.717) is 17.8 Å². The molecule has 0 heterocycles. The molecule has 0 amide bonds. The SMILES string of the molecule is N#Cc1ccc(N)c(NCc2ccccc2Br)c1. The fourth-order valence-corrected chi connectivity index (χ4v) is 2.04. The molecule has 0 spiro atoms. The lowest BCUT2D eigenvalue weighted by Gasteiger charge is -2.10. The van der Waals surface area contributed by atoms with Gasteiger partial charge in [0, 0.05) is 11.0 Å². The average molecular weight is 302 g/mol. The number of hydrogen-bond acceptors (Lipinski definition) is 3. The van der Waals surface area contributed by atoms with Gasteiger partial charge in [-0.25, -0.2) is 0 Å². The molecule has 0 aliphatic heterocycles. The molecule has 0 bridgehead atoms. The summed E-state index contributed by atoms with van der Waals surface area (Å²) in [5, 5.41) is 12.1. The Morgan fingerprint density at radius 1 is 1.22 bits per heavy atom. The van der Waals surface area contributed by atoms with Crippen LogP contribution in [0.4, 0.5) is 11.4 Å². The van der Waals surface area contributed by atoms with E-state index in [4.69, 9.17) is 11.0 Å². The van der Waals surface area contributed by atoms with Crippen molar-refractivity contribution in [1.82, 2.24) is 0 Å². The maximum atomic E-state index is 8.86. The van der Waals surface area contributed by atoms with Crippen LogP contribution < -0.4 is 11.1 Å². The second-order valence-corrected chi connectivity index (χ2v) is 4.71. The lowest BCUT2D eigenvalue weighted by atomic mass is 10.1. The summed E-state index contributed by atoms with van der Waals surface area (Å²) in [7, 11) is 0. The number of nitrogens with two attached hydrogens (primary N) is 1. The second kappa shape index (κ2) is 5.56. The molecule has 0 radical (unpaired) electrons. The van der Waals surface area contributed by atoms with Gasteiger partial charge in [-0.15, -0.1) is 0 Å². The van der Waals surface area contributed by atoms with Gasteiger partial charge in [0.15, 0.2) is 0 Å². The van der Waals surface area contributed by atoms with Gasteiger partial charge in [-0.3, -0.25) is 0 Å². The molecule has 0 fully saturated rings. The minimum absolute atomic E-state index is 0.596. The van der Waals surface area contributed by atoms with Crippen LogP contribution in [-0.4, -0.2) is 0 Å². The van der Waals surface area contributed by atoms with Gasteiger partial charge in [0.1, 0.15) is 0 Å². The highest BCUT2D eigenvalue weighted by Crippen LogP contribution is 2.22. The zero-order valence-electron chi connectivity index (χ0n) is 9.65. The largest absolute Gasteiger partial charge is 0.397 e. The van der Waals surface area contributed by atoms with E-state index in [-0.39, 0.29) is 0 Å². The van der Waals surface area contributed by atoms with Crippen molar-refractivity contribution in [1.29, 1.82) is 5.26 Å². The van der Waals surface area contributed by atoms with Crippen molar-refractivity contribution >= 4 is 27.3 Å². The van der Waals surface area contributed by atoms with Gasteiger partial charge in [0.2, 0.25) is 0 Å². The predicted molar refractivity (Wildman–Crippen MR) is 77.0 cm³/mol. The number of nitrogens with zero attached hydrogens (tertiary/aromatic N) is 1. The summed E-state index contributed by atoms with van der Waals surface area (Å²) in [4.78, 5) is 0. The molecule has 2 aromatic rings. The number of halogens is 1. The first-order valence-corrected chi connectivity index (χ1v) is 6.27. The highest BCUT2D eigenvalue weighted by Gasteiger charge is 2.02. The number of nitrogens with one attached hydrogen (secondary N) is 1. The molecular weight excluding hydrogens is 290 g/mol. The number of nitrogen functional groups attached to an aromatic ring is 1. The molecule has 0 aliphatic rings. The number of anilines is 2. The Balaban J connectivity index is 2.16. The lowest BCUT2D eigenvalue weighted by molar-refractivity contribution is 1.14. The normalized spacial score (nSPS) is 9.78. The molecule has 0 unspecified atom stereocenters. The minimum atomic E-state index is 0.596. The molecule has 0 aliphatic carbocycles. The number of benzene rings is 2. The van der Waals surface area contributed by atoms with Crippen molar-refractivity contribution in [2.24, 2.45) is 0 Å². The van der Waals surface area contributed by atoms with E-state index in [1.807, 2.05) is 24.3 Å².